The van der Waals surface area contributed by atoms with Crippen LogP contribution in [0.3, 0.4) is 0 Å². The Kier molecular flexibility index (Phi) is 20.0. The standard InChI is InChI=1S/C28H50OS/c1-2-3-4-5-6-7-8-9-10-11-12-13-14-15-16-20-23-29-25-28(26-30)24-27-21-18-17-19-22-27/h17-19,21-22,28,30H,2-16,20,23-26H2,1H3. The third kappa shape index (κ3) is 17.2. The molecule has 30 heavy (non-hydrogen) atoms. The molecule has 1 aromatic carbocycles. The van der Waals surface area contributed by atoms with Gasteiger partial charge in [0.1, 0.15) is 0 Å². The van der Waals surface area contributed by atoms with Crippen LogP contribution in [0, 0.1) is 5.92 Å². The maximum Gasteiger partial charge on any atom is 0.0505 e. The highest BCUT2D eigenvalue weighted by molar-refractivity contribution is 7.80. The minimum Gasteiger partial charge on any atom is -0.381 e. The van der Waals surface area contributed by atoms with Gasteiger partial charge in [0.15, 0.2) is 0 Å². The van der Waals surface area contributed by atoms with E-state index in [9.17, 15) is 0 Å². The molecule has 2 heteroatoms. The molecule has 0 aromatic heterocycles. The van der Waals surface area contributed by atoms with Gasteiger partial charge in [-0.25, -0.2) is 0 Å². The van der Waals surface area contributed by atoms with Crippen molar-refractivity contribution in [2.75, 3.05) is 19.0 Å². The molecule has 1 rings (SSSR count). The lowest BCUT2D eigenvalue weighted by molar-refractivity contribution is 0.103. The van der Waals surface area contributed by atoms with Crippen LogP contribution in [0.5, 0.6) is 0 Å². The van der Waals surface area contributed by atoms with E-state index >= 15 is 0 Å². The normalized spacial score (nSPS) is 12.3. The van der Waals surface area contributed by atoms with E-state index < -0.39 is 0 Å². The van der Waals surface area contributed by atoms with Gasteiger partial charge in [-0.05, 0) is 30.1 Å². The van der Waals surface area contributed by atoms with Crippen LogP contribution in [0.15, 0.2) is 30.3 Å². The Bertz CT molecular complexity index is 447. The number of thiol groups is 1. The first-order valence-electron chi connectivity index (χ1n) is 13.1. The van der Waals surface area contributed by atoms with Gasteiger partial charge in [-0.15, -0.1) is 0 Å². The maximum absolute atomic E-state index is 5.93. The van der Waals surface area contributed by atoms with Crippen molar-refractivity contribution in [3.05, 3.63) is 35.9 Å². The molecule has 0 amide bonds. The van der Waals surface area contributed by atoms with Gasteiger partial charge < -0.3 is 4.74 Å². The second-order valence-corrected chi connectivity index (χ2v) is 9.48. The molecule has 0 saturated heterocycles. The van der Waals surface area contributed by atoms with Crippen LogP contribution in [0.1, 0.15) is 115 Å². The van der Waals surface area contributed by atoms with E-state index in [1.165, 1.54) is 108 Å². The fraction of sp³-hybridized carbons (Fsp3) is 0.786. The highest BCUT2D eigenvalue weighted by Crippen LogP contribution is 2.14. The van der Waals surface area contributed by atoms with Crippen LogP contribution < -0.4 is 0 Å². The fourth-order valence-corrected chi connectivity index (χ4v) is 4.36. The first-order valence-corrected chi connectivity index (χ1v) is 13.7. The maximum atomic E-state index is 5.93. The van der Waals surface area contributed by atoms with Crippen molar-refractivity contribution < 1.29 is 4.74 Å². The van der Waals surface area contributed by atoms with Crippen molar-refractivity contribution in [3.8, 4) is 0 Å². The van der Waals surface area contributed by atoms with Gasteiger partial charge in [-0.1, -0.05) is 134 Å². The van der Waals surface area contributed by atoms with Gasteiger partial charge in [0.25, 0.3) is 0 Å². The summed E-state index contributed by atoms with van der Waals surface area (Å²) in [5.74, 6) is 1.42. The number of hydrogen-bond acceptors (Lipinski definition) is 2. The Balaban J connectivity index is 1.78. The number of ether oxygens (including phenoxy) is 1. The third-order valence-electron chi connectivity index (χ3n) is 6.12. The van der Waals surface area contributed by atoms with E-state index in [1.807, 2.05) is 0 Å². The summed E-state index contributed by atoms with van der Waals surface area (Å²) in [4.78, 5) is 0. The van der Waals surface area contributed by atoms with Gasteiger partial charge in [-0.3, -0.25) is 0 Å². The summed E-state index contributed by atoms with van der Waals surface area (Å²) in [6, 6.07) is 10.7. The molecule has 0 spiro atoms. The van der Waals surface area contributed by atoms with Crippen LogP contribution >= 0.6 is 12.6 Å². The minimum absolute atomic E-state index is 0.525. The van der Waals surface area contributed by atoms with E-state index in [0.29, 0.717) is 5.92 Å². The molecule has 0 radical (unpaired) electrons. The second kappa shape index (κ2) is 21.8. The van der Waals surface area contributed by atoms with Gasteiger partial charge in [-0.2, -0.15) is 12.6 Å². The molecule has 0 heterocycles. The van der Waals surface area contributed by atoms with E-state index in [4.69, 9.17) is 4.74 Å². The van der Waals surface area contributed by atoms with Crippen molar-refractivity contribution in [2.45, 2.75) is 116 Å². The lowest BCUT2D eigenvalue weighted by Gasteiger charge is -2.15. The van der Waals surface area contributed by atoms with Crippen LogP contribution in [0.2, 0.25) is 0 Å². The monoisotopic (exact) mass is 434 g/mol. The molecule has 1 nitrogen and oxygen atoms in total. The summed E-state index contributed by atoms with van der Waals surface area (Å²) in [5, 5.41) is 0. The molecule has 0 aliphatic heterocycles. The zero-order chi connectivity index (χ0) is 21.5. The molecule has 0 aliphatic carbocycles. The summed E-state index contributed by atoms with van der Waals surface area (Å²) in [7, 11) is 0. The predicted octanol–water partition coefficient (Wildman–Crippen LogP) is 9.05. The molecular formula is C28H50OS. The Morgan fingerprint density at radius 1 is 0.667 bits per heavy atom. The van der Waals surface area contributed by atoms with E-state index in [0.717, 1.165) is 25.4 Å². The Labute approximate surface area is 194 Å². The van der Waals surface area contributed by atoms with Gasteiger partial charge >= 0.3 is 0 Å². The molecule has 1 unspecified atom stereocenters. The van der Waals surface area contributed by atoms with Crippen LogP contribution in [-0.4, -0.2) is 19.0 Å². The average molecular weight is 435 g/mol. The fourth-order valence-electron chi connectivity index (χ4n) is 4.13. The summed E-state index contributed by atoms with van der Waals surface area (Å²) >= 11 is 4.50. The lowest BCUT2D eigenvalue weighted by atomic mass is 10.0. The van der Waals surface area contributed by atoms with Crippen molar-refractivity contribution in [1.82, 2.24) is 0 Å². The Morgan fingerprint density at radius 2 is 1.13 bits per heavy atom. The zero-order valence-corrected chi connectivity index (χ0v) is 20.9. The summed E-state index contributed by atoms with van der Waals surface area (Å²) in [5.41, 5.74) is 1.39. The second-order valence-electron chi connectivity index (χ2n) is 9.12. The van der Waals surface area contributed by atoms with Gasteiger partial charge in [0.05, 0.1) is 6.61 Å². The zero-order valence-electron chi connectivity index (χ0n) is 20.0. The molecule has 0 saturated carbocycles. The quantitative estimate of drug-likeness (QED) is 0.141. The van der Waals surface area contributed by atoms with E-state index in [-0.39, 0.29) is 0 Å². The largest absolute Gasteiger partial charge is 0.381 e. The molecule has 1 atom stereocenters. The topological polar surface area (TPSA) is 9.23 Å². The van der Waals surface area contributed by atoms with Crippen LogP contribution in [0.25, 0.3) is 0 Å². The minimum atomic E-state index is 0.525. The molecule has 0 N–H and O–H groups in total. The van der Waals surface area contributed by atoms with Crippen LogP contribution in [-0.2, 0) is 11.2 Å². The summed E-state index contributed by atoms with van der Waals surface area (Å²) < 4.78 is 5.93. The highest BCUT2D eigenvalue weighted by Gasteiger charge is 2.08. The third-order valence-corrected chi connectivity index (χ3v) is 6.64. The summed E-state index contributed by atoms with van der Waals surface area (Å²) in [6.45, 7) is 4.05. The first kappa shape index (κ1) is 27.6. The number of rotatable bonds is 22. The van der Waals surface area contributed by atoms with Gasteiger partial charge in [0.2, 0.25) is 0 Å². The van der Waals surface area contributed by atoms with Crippen LogP contribution in [0.4, 0.5) is 0 Å². The van der Waals surface area contributed by atoms with Crippen molar-refractivity contribution >= 4 is 12.6 Å². The van der Waals surface area contributed by atoms with E-state index in [2.05, 4.69) is 49.9 Å². The SMILES string of the molecule is CCCCCCCCCCCCCCCCCCOCC(CS)Cc1ccccc1. The molecule has 174 valence electrons. The van der Waals surface area contributed by atoms with Crippen molar-refractivity contribution in [2.24, 2.45) is 5.92 Å². The average Bonchev–Trinajstić information content (AvgIpc) is 2.78. The van der Waals surface area contributed by atoms with E-state index in [1.54, 1.807) is 0 Å². The lowest BCUT2D eigenvalue weighted by Crippen LogP contribution is -2.15. The molecular weight excluding hydrogens is 384 g/mol. The Hall–Kier alpha value is -0.470. The predicted molar refractivity (Wildman–Crippen MR) is 138 cm³/mol. The molecule has 0 fully saturated rings. The highest BCUT2D eigenvalue weighted by atomic mass is 32.1. The smallest absolute Gasteiger partial charge is 0.0505 e. The summed E-state index contributed by atoms with van der Waals surface area (Å²) in [6.07, 6.45) is 23.7. The Morgan fingerprint density at radius 3 is 1.60 bits per heavy atom. The van der Waals surface area contributed by atoms with Crippen molar-refractivity contribution in [1.29, 1.82) is 0 Å². The first-order chi connectivity index (χ1) is 14.9. The molecule has 1 aromatic rings. The van der Waals surface area contributed by atoms with Gasteiger partial charge in [0, 0.05) is 6.61 Å². The van der Waals surface area contributed by atoms with Crippen molar-refractivity contribution in [3.63, 3.8) is 0 Å². The molecule has 0 bridgehead atoms. The number of hydrogen-bond donors (Lipinski definition) is 1. The number of benzene rings is 1. The molecule has 0 aliphatic rings. The number of unbranched alkanes of at least 4 members (excludes halogenated alkanes) is 15.